The van der Waals surface area contributed by atoms with Gasteiger partial charge in [0.1, 0.15) is 0 Å². The number of amides is 1. The van der Waals surface area contributed by atoms with Crippen LogP contribution in [0.15, 0.2) is 18.2 Å². The third kappa shape index (κ3) is 3.96. The molecular formula is C19H26N4OS. The van der Waals surface area contributed by atoms with Crippen LogP contribution in [0.5, 0.6) is 0 Å². The van der Waals surface area contributed by atoms with Crippen molar-refractivity contribution in [2.45, 2.75) is 58.8 Å². The Bertz CT molecular complexity index is 746. The van der Waals surface area contributed by atoms with Crippen LogP contribution in [-0.2, 0) is 31.0 Å². The molecule has 1 aliphatic carbocycles. The zero-order valence-corrected chi connectivity index (χ0v) is 15.6. The maximum Gasteiger partial charge on any atom is 0.223 e. The summed E-state index contributed by atoms with van der Waals surface area (Å²) in [6.45, 7) is 6.73. The summed E-state index contributed by atoms with van der Waals surface area (Å²) in [5.41, 5.74) is 2.25. The molecule has 0 spiro atoms. The van der Waals surface area contributed by atoms with Crippen LogP contribution in [0, 0.1) is 12.8 Å². The molecule has 6 heteroatoms. The van der Waals surface area contributed by atoms with E-state index in [0.717, 1.165) is 51.1 Å². The summed E-state index contributed by atoms with van der Waals surface area (Å²) in [5, 5.41) is 7.76. The van der Waals surface area contributed by atoms with Gasteiger partial charge in [-0.05, 0) is 44.4 Å². The standard InChI is InChI=1S/C19H26N4OS/c1-14-6-7-18(25-14)13-22-8-3-9-23-17(12-22)10-16(21-23)11-20-19(24)15-4-2-5-15/h6-7,10,15H,2-5,8-9,11-13H2,1H3,(H,20,24). The molecule has 3 heterocycles. The lowest BCUT2D eigenvalue weighted by atomic mass is 9.85. The first-order valence-corrected chi connectivity index (χ1v) is 10.1. The van der Waals surface area contributed by atoms with Gasteiger partial charge < -0.3 is 5.32 Å². The van der Waals surface area contributed by atoms with Crippen LogP contribution < -0.4 is 5.32 Å². The van der Waals surface area contributed by atoms with Crippen molar-refractivity contribution in [3.63, 3.8) is 0 Å². The number of nitrogens with one attached hydrogen (secondary N) is 1. The van der Waals surface area contributed by atoms with E-state index in [0.29, 0.717) is 6.54 Å². The van der Waals surface area contributed by atoms with Gasteiger partial charge in [-0.1, -0.05) is 6.42 Å². The normalized spacial score (nSPS) is 18.4. The third-order valence-corrected chi connectivity index (χ3v) is 6.22. The Morgan fingerprint density at radius 1 is 1.32 bits per heavy atom. The molecule has 1 saturated carbocycles. The number of carbonyl (C=O) groups excluding carboxylic acids is 1. The monoisotopic (exact) mass is 358 g/mol. The summed E-state index contributed by atoms with van der Waals surface area (Å²) in [5.74, 6) is 0.439. The van der Waals surface area contributed by atoms with Crippen molar-refractivity contribution in [1.29, 1.82) is 0 Å². The van der Waals surface area contributed by atoms with E-state index >= 15 is 0 Å². The van der Waals surface area contributed by atoms with Crippen molar-refractivity contribution in [3.8, 4) is 0 Å². The van der Waals surface area contributed by atoms with Gasteiger partial charge in [0, 0.05) is 41.9 Å². The highest BCUT2D eigenvalue weighted by Gasteiger charge is 2.25. The van der Waals surface area contributed by atoms with Crippen molar-refractivity contribution in [2.75, 3.05) is 6.54 Å². The second kappa shape index (κ2) is 7.30. The molecule has 4 rings (SSSR count). The maximum absolute atomic E-state index is 12.0. The zero-order chi connectivity index (χ0) is 17.2. The average Bonchev–Trinajstić information content (AvgIpc) is 3.05. The van der Waals surface area contributed by atoms with Crippen molar-refractivity contribution >= 4 is 17.2 Å². The van der Waals surface area contributed by atoms with Gasteiger partial charge in [0.05, 0.1) is 17.9 Å². The number of aromatic nitrogens is 2. The predicted molar refractivity (Wildman–Crippen MR) is 99.2 cm³/mol. The van der Waals surface area contributed by atoms with Gasteiger partial charge in [-0.15, -0.1) is 11.3 Å². The first-order chi connectivity index (χ1) is 12.2. The molecule has 134 valence electrons. The largest absolute Gasteiger partial charge is 0.350 e. The van der Waals surface area contributed by atoms with Crippen molar-refractivity contribution in [3.05, 3.63) is 39.3 Å². The molecular weight excluding hydrogens is 332 g/mol. The lowest BCUT2D eigenvalue weighted by Crippen LogP contribution is -2.34. The fourth-order valence-electron chi connectivity index (χ4n) is 3.59. The molecule has 0 unspecified atom stereocenters. The third-order valence-electron chi connectivity index (χ3n) is 5.24. The minimum absolute atomic E-state index is 0.198. The fourth-order valence-corrected chi connectivity index (χ4v) is 4.53. The first-order valence-electron chi connectivity index (χ1n) is 9.28. The molecule has 2 aromatic rings. The number of aryl methyl sites for hydroxylation is 2. The number of fused-ring (bicyclic) bond motifs is 1. The molecule has 25 heavy (non-hydrogen) atoms. The summed E-state index contributed by atoms with van der Waals surface area (Å²) < 4.78 is 2.13. The smallest absolute Gasteiger partial charge is 0.223 e. The molecule has 5 nitrogen and oxygen atoms in total. The van der Waals surface area contributed by atoms with E-state index in [1.807, 2.05) is 11.3 Å². The SMILES string of the molecule is Cc1ccc(CN2CCCn3nc(CNC(=O)C4CCC4)cc3C2)s1. The second-order valence-electron chi connectivity index (χ2n) is 7.27. The zero-order valence-electron chi connectivity index (χ0n) is 14.8. The highest BCUT2D eigenvalue weighted by atomic mass is 32.1. The fraction of sp³-hybridized carbons (Fsp3) is 0.579. The molecule has 1 amide bonds. The highest BCUT2D eigenvalue weighted by Crippen LogP contribution is 2.26. The number of rotatable bonds is 5. The number of hydrogen-bond donors (Lipinski definition) is 1. The molecule has 0 saturated heterocycles. The molecule has 0 atom stereocenters. The van der Waals surface area contributed by atoms with E-state index < -0.39 is 0 Å². The van der Waals surface area contributed by atoms with Crippen LogP contribution in [0.3, 0.4) is 0 Å². The minimum Gasteiger partial charge on any atom is -0.350 e. The van der Waals surface area contributed by atoms with Gasteiger partial charge >= 0.3 is 0 Å². The number of carbonyl (C=O) groups is 1. The second-order valence-corrected chi connectivity index (χ2v) is 8.64. The van der Waals surface area contributed by atoms with E-state index in [4.69, 9.17) is 5.10 Å². The van der Waals surface area contributed by atoms with Crippen molar-refractivity contribution < 1.29 is 4.79 Å². The Kier molecular flexibility index (Phi) is 4.90. The van der Waals surface area contributed by atoms with Crippen LogP contribution in [0.25, 0.3) is 0 Å². The van der Waals surface area contributed by atoms with Gasteiger partial charge in [0.2, 0.25) is 5.91 Å². The molecule has 0 aromatic carbocycles. The Morgan fingerprint density at radius 3 is 2.92 bits per heavy atom. The van der Waals surface area contributed by atoms with Gasteiger partial charge in [0.25, 0.3) is 0 Å². The summed E-state index contributed by atoms with van der Waals surface area (Å²) in [4.78, 5) is 17.3. The molecule has 0 radical (unpaired) electrons. The van der Waals surface area contributed by atoms with Crippen LogP contribution >= 0.6 is 11.3 Å². The first kappa shape index (κ1) is 16.8. The molecule has 1 N–H and O–H groups in total. The highest BCUT2D eigenvalue weighted by molar-refractivity contribution is 7.11. The van der Waals surface area contributed by atoms with Crippen LogP contribution in [-0.4, -0.2) is 27.1 Å². The van der Waals surface area contributed by atoms with E-state index in [-0.39, 0.29) is 11.8 Å². The van der Waals surface area contributed by atoms with Crippen LogP contribution in [0.4, 0.5) is 0 Å². The molecule has 0 bridgehead atoms. The summed E-state index contributed by atoms with van der Waals surface area (Å²) in [6, 6.07) is 6.60. The van der Waals surface area contributed by atoms with Crippen LogP contribution in [0.2, 0.25) is 0 Å². The molecule has 1 aliphatic heterocycles. The molecule has 1 fully saturated rings. The molecule has 2 aromatic heterocycles. The number of nitrogens with zero attached hydrogens (tertiary/aromatic N) is 3. The minimum atomic E-state index is 0.198. The van der Waals surface area contributed by atoms with Crippen LogP contribution in [0.1, 0.15) is 46.8 Å². The summed E-state index contributed by atoms with van der Waals surface area (Å²) >= 11 is 1.88. The van der Waals surface area contributed by atoms with Crippen molar-refractivity contribution in [1.82, 2.24) is 20.0 Å². The quantitative estimate of drug-likeness (QED) is 0.894. The topological polar surface area (TPSA) is 50.2 Å². The Hall–Kier alpha value is -1.66. The van der Waals surface area contributed by atoms with E-state index in [1.54, 1.807) is 0 Å². The van der Waals surface area contributed by atoms with Gasteiger partial charge in [-0.2, -0.15) is 5.10 Å². The maximum atomic E-state index is 12.0. The Labute approximate surface area is 153 Å². The molecule has 2 aliphatic rings. The lowest BCUT2D eigenvalue weighted by Gasteiger charge is -2.23. The Balaban J connectivity index is 1.37. The lowest BCUT2D eigenvalue weighted by molar-refractivity contribution is -0.127. The van der Waals surface area contributed by atoms with Gasteiger partial charge in [-0.25, -0.2) is 0 Å². The van der Waals surface area contributed by atoms with E-state index in [9.17, 15) is 4.79 Å². The Morgan fingerprint density at radius 2 is 2.20 bits per heavy atom. The average molecular weight is 359 g/mol. The number of thiophene rings is 1. The van der Waals surface area contributed by atoms with Crippen molar-refractivity contribution in [2.24, 2.45) is 5.92 Å². The summed E-state index contributed by atoms with van der Waals surface area (Å²) in [7, 11) is 0. The van der Waals surface area contributed by atoms with Gasteiger partial charge in [0.15, 0.2) is 0 Å². The van der Waals surface area contributed by atoms with E-state index in [1.165, 1.54) is 21.9 Å². The van der Waals surface area contributed by atoms with E-state index in [2.05, 4.69) is 40.0 Å². The number of hydrogen-bond acceptors (Lipinski definition) is 4. The van der Waals surface area contributed by atoms with Gasteiger partial charge in [-0.3, -0.25) is 14.4 Å². The summed E-state index contributed by atoms with van der Waals surface area (Å²) in [6.07, 6.45) is 4.40. The predicted octanol–water partition coefficient (Wildman–Crippen LogP) is 3.08.